The van der Waals surface area contributed by atoms with Gasteiger partial charge in [-0.25, -0.2) is 4.79 Å². The largest absolute Gasteiger partial charge is 0.463 e. The Morgan fingerprint density at radius 2 is 1.82 bits per heavy atom. The summed E-state index contributed by atoms with van der Waals surface area (Å²) >= 11 is 0. The number of ether oxygens (including phenoxy) is 1. The van der Waals surface area contributed by atoms with Crippen LogP contribution >= 0.6 is 0 Å². The van der Waals surface area contributed by atoms with E-state index in [9.17, 15) is 14.4 Å². The lowest BCUT2D eigenvalue weighted by molar-refractivity contribution is -0.142. The number of amides is 2. The fraction of sp³-hybridized carbons (Fsp3) is 0.808. The zero-order chi connectivity index (χ0) is 25.3. The van der Waals surface area contributed by atoms with Gasteiger partial charge in [-0.15, -0.1) is 0 Å². The summed E-state index contributed by atoms with van der Waals surface area (Å²) in [6, 6.07) is -1.15. The minimum Gasteiger partial charge on any atom is -0.463 e. The SMILES string of the molecule is CCCN1CCCCC1C(=O)N[C@H](C(=O)N(C)[C@H](/C=C(\C)C(=O)OCC)C(C)C)C(C)(C)C. The third-order valence-electron chi connectivity index (χ3n) is 6.32. The second-order valence-electron chi connectivity index (χ2n) is 10.6. The number of carbonyl (C=O) groups is 3. The zero-order valence-electron chi connectivity index (χ0n) is 22.4. The molecule has 0 aliphatic carbocycles. The Hall–Kier alpha value is -1.89. The fourth-order valence-corrected chi connectivity index (χ4v) is 4.40. The number of nitrogens with one attached hydrogen (secondary N) is 1. The van der Waals surface area contributed by atoms with Crippen molar-refractivity contribution in [3.05, 3.63) is 11.6 Å². The molecule has 0 aromatic rings. The second kappa shape index (κ2) is 13.1. The van der Waals surface area contributed by atoms with Crippen molar-refractivity contribution in [3.63, 3.8) is 0 Å². The van der Waals surface area contributed by atoms with Crippen molar-refractivity contribution in [1.29, 1.82) is 0 Å². The predicted octanol–water partition coefficient (Wildman–Crippen LogP) is 3.77. The molecule has 0 spiro atoms. The average Bonchev–Trinajstić information content (AvgIpc) is 2.74. The van der Waals surface area contributed by atoms with Crippen LogP contribution in [0.1, 0.15) is 81.1 Å². The molecule has 1 saturated heterocycles. The number of likely N-dealkylation sites (N-methyl/N-ethyl adjacent to an activating group) is 1. The molecule has 0 saturated carbocycles. The number of esters is 1. The summed E-state index contributed by atoms with van der Waals surface area (Å²) in [6.07, 6.45) is 5.75. The normalized spacial score (nSPS) is 19.7. The first-order valence-corrected chi connectivity index (χ1v) is 12.5. The molecule has 0 aromatic heterocycles. The van der Waals surface area contributed by atoms with Crippen LogP contribution in [0, 0.1) is 11.3 Å². The molecule has 0 radical (unpaired) electrons. The molecule has 7 heteroatoms. The summed E-state index contributed by atoms with van der Waals surface area (Å²) in [4.78, 5) is 43.0. The molecule has 1 N–H and O–H groups in total. The highest BCUT2D eigenvalue weighted by Gasteiger charge is 2.39. The lowest BCUT2D eigenvalue weighted by Gasteiger charge is -2.40. The smallest absolute Gasteiger partial charge is 0.333 e. The van der Waals surface area contributed by atoms with Gasteiger partial charge in [0.1, 0.15) is 6.04 Å². The maximum Gasteiger partial charge on any atom is 0.333 e. The highest BCUT2D eigenvalue weighted by Crippen LogP contribution is 2.25. The molecule has 0 aromatic carbocycles. The first-order valence-electron chi connectivity index (χ1n) is 12.5. The average molecular weight is 466 g/mol. The number of hydrogen-bond acceptors (Lipinski definition) is 5. The van der Waals surface area contributed by atoms with Crippen molar-refractivity contribution in [2.75, 3.05) is 26.7 Å². The number of likely N-dealkylation sites (tertiary alicyclic amines) is 1. The zero-order valence-corrected chi connectivity index (χ0v) is 22.4. The molecular weight excluding hydrogens is 418 g/mol. The molecule has 1 rings (SSSR count). The molecule has 1 fully saturated rings. The van der Waals surface area contributed by atoms with Crippen molar-refractivity contribution in [2.24, 2.45) is 11.3 Å². The minimum atomic E-state index is -0.669. The van der Waals surface area contributed by atoms with Gasteiger partial charge in [-0.3, -0.25) is 14.5 Å². The maximum atomic E-state index is 13.7. The Labute approximate surface area is 201 Å². The van der Waals surface area contributed by atoms with Crippen LogP contribution < -0.4 is 5.32 Å². The number of nitrogens with zero attached hydrogens (tertiary/aromatic N) is 2. The quantitative estimate of drug-likeness (QED) is 0.392. The molecule has 7 nitrogen and oxygen atoms in total. The Bertz CT molecular complexity index is 694. The van der Waals surface area contributed by atoms with Crippen LogP contribution in [-0.4, -0.2) is 72.5 Å². The molecule has 33 heavy (non-hydrogen) atoms. The Balaban J connectivity index is 3.13. The summed E-state index contributed by atoms with van der Waals surface area (Å²) < 4.78 is 5.10. The Morgan fingerprint density at radius 3 is 2.33 bits per heavy atom. The summed E-state index contributed by atoms with van der Waals surface area (Å²) in [7, 11) is 1.75. The van der Waals surface area contributed by atoms with E-state index in [2.05, 4.69) is 17.1 Å². The Morgan fingerprint density at radius 1 is 1.18 bits per heavy atom. The highest BCUT2D eigenvalue weighted by atomic mass is 16.5. The van der Waals surface area contributed by atoms with E-state index in [1.54, 1.807) is 31.9 Å². The molecule has 190 valence electrons. The van der Waals surface area contributed by atoms with Crippen molar-refractivity contribution in [2.45, 2.75) is 99.2 Å². The van der Waals surface area contributed by atoms with Crippen LogP contribution in [0.25, 0.3) is 0 Å². The van der Waals surface area contributed by atoms with Crippen LogP contribution in [0.5, 0.6) is 0 Å². The third-order valence-corrected chi connectivity index (χ3v) is 6.32. The summed E-state index contributed by atoms with van der Waals surface area (Å²) in [5.41, 5.74) is 0.0103. The van der Waals surface area contributed by atoms with E-state index >= 15 is 0 Å². The molecule has 1 aliphatic rings. The molecule has 0 bridgehead atoms. The summed E-state index contributed by atoms with van der Waals surface area (Å²) in [6.45, 7) is 17.7. The summed E-state index contributed by atoms with van der Waals surface area (Å²) in [5, 5.41) is 3.10. The van der Waals surface area contributed by atoms with Gasteiger partial charge in [0.15, 0.2) is 0 Å². The maximum absolute atomic E-state index is 13.7. The number of piperidine rings is 1. The molecule has 2 amide bonds. The number of carbonyl (C=O) groups excluding carboxylic acids is 3. The van der Waals surface area contributed by atoms with Crippen molar-refractivity contribution < 1.29 is 19.1 Å². The van der Waals surface area contributed by atoms with Crippen molar-refractivity contribution in [1.82, 2.24) is 15.1 Å². The topological polar surface area (TPSA) is 79.0 Å². The van der Waals surface area contributed by atoms with Crippen LogP contribution in [0.2, 0.25) is 0 Å². The van der Waals surface area contributed by atoms with Crippen LogP contribution in [0.3, 0.4) is 0 Å². The van der Waals surface area contributed by atoms with Gasteiger partial charge in [-0.1, -0.05) is 54.0 Å². The Kier molecular flexibility index (Phi) is 11.6. The number of rotatable bonds is 10. The van der Waals surface area contributed by atoms with Crippen LogP contribution in [0.4, 0.5) is 0 Å². The van der Waals surface area contributed by atoms with E-state index in [0.717, 1.165) is 38.8 Å². The summed E-state index contributed by atoms with van der Waals surface area (Å²) in [5.74, 6) is -0.513. The second-order valence-corrected chi connectivity index (χ2v) is 10.6. The van der Waals surface area contributed by atoms with Gasteiger partial charge in [-0.05, 0) is 57.5 Å². The minimum absolute atomic E-state index is 0.0656. The third kappa shape index (κ3) is 8.43. The van der Waals surface area contributed by atoms with E-state index in [4.69, 9.17) is 4.74 Å². The van der Waals surface area contributed by atoms with E-state index in [1.807, 2.05) is 34.6 Å². The van der Waals surface area contributed by atoms with E-state index in [-0.39, 0.29) is 35.8 Å². The van der Waals surface area contributed by atoms with E-state index in [0.29, 0.717) is 12.2 Å². The van der Waals surface area contributed by atoms with Gasteiger partial charge < -0.3 is 15.0 Å². The van der Waals surface area contributed by atoms with Crippen LogP contribution in [0.15, 0.2) is 11.6 Å². The first kappa shape index (κ1) is 29.1. The fourth-order valence-electron chi connectivity index (χ4n) is 4.40. The van der Waals surface area contributed by atoms with Gasteiger partial charge in [-0.2, -0.15) is 0 Å². The lowest BCUT2D eigenvalue weighted by atomic mass is 9.84. The molecule has 3 atom stereocenters. The predicted molar refractivity (Wildman–Crippen MR) is 133 cm³/mol. The van der Waals surface area contributed by atoms with E-state index in [1.165, 1.54) is 0 Å². The van der Waals surface area contributed by atoms with Crippen molar-refractivity contribution in [3.8, 4) is 0 Å². The van der Waals surface area contributed by atoms with Crippen molar-refractivity contribution >= 4 is 17.8 Å². The van der Waals surface area contributed by atoms with Gasteiger partial charge in [0.25, 0.3) is 0 Å². The van der Waals surface area contributed by atoms with Gasteiger partial charge in [0.2, 0.25) is 11.8 Å². The first-order chi connectivity index (χ1) is 15.3. The lowest BCUT2D eigenvalue weighted by Crippen LogP contribution is -2.60. The monoisotopic (exact) mass is 465 g/mol. The molecule has 1 unspecified atom stereocenters. The molecular formula is C26H47N3O4. The van der Waals surface area contributed by atoms with Gasteiger partial charge in [0, 0.05) is 12.6 Å². The molecule has 1 heterocycles. The van der Waals surface area contributed by atoms with E-state index < -0.39 is 11.5 Å². The van der Waals surface area contributed by atoms with Crippen LogP contribution in [-0.2, 0) is 19.1 Å². The number of hydrogen-bond donors (Lipinski definition) is 1. The highest BCUT2D eigenvalue weighted by molar-refractivity contribution is 5.91. The molecule has 1 aliphatic heterocycles. The van der Waals surface area contributed by atoms with Gasteiger partial charge in [0.05, 0.1) is 18.7 Å². The standard InChI is InChI=1S/C26H47N3O4/c1-10-15-29-16-13-12-14-20(29)23(30)27-22(26(6,7)8)24(31)28(9)21(18(3)4)17-19(5)25(32)33-11-2/h17-18,20-22H,10-16H2,1-9H3,(H,27,30)/b19-17+/t20?,21-,22-/m1/s1. The van der Waals surface area contributed by atoms with Gasteiger partial charge >= 0.3 is 5.97 Å².